The number of nitrogens with zero attached hydrogens (tertiary/aromatic N) is 3. The fourth-order valence-corrected chi connectivity index (χ4v) is 3.83. The molecule has 2 aromatic rings. The Balaban J connectivity index is 1.89. The second kappa shape index (κ2) is 8.94. The van der Waals surface area contributed by atoms with E-state index in [9.17, 15) is 9.59 Å². The summed E-state index contributed by atoms with van der Waals surface area (Å²) in [5.41, 5.74) is 0.209. The Bertz CT molecular complexity index is 781. The molecule has 0 aromatic carbocycles. The molecule has 0 bridgehead atoms. The fraction of sp³-hybridized carbons (Fsp3) is 0.474. The lowest BCUT2D eigenvalue weighted by molar-refractivity contribution is -0.127. The van der Waals surface area contributed by atoms with E-state index in [-0.39, 0.29) is 30.1 Å². The van der Waals surface area contributed by atoms with Gasteiger partial charge in [0.05, 0.1) is 0 Å². The van der Waals surface area contributed by atoms with Crippen LogP contribution in [0.4, 0.5) is 0 Å². The van der Waals surface area contributed by atoms with Gasteiger partial charge in [-0.15, -0.1) is 11.7 Å². The summed E-state index contributed by atoms with van der Waals surface area (Å²) in [4.78, 5) is 27.6. The third-order valence-corrected chi connectivity index (χ3v) is 5.21. The molecule has 1 aliphatic rings. The van der Waals surface area contributed by atoms with Crippen molar-refractivity contribution in [3.63, 3.8) is 0 Å². The zero-order valence-electron chi connectivity index (χ0n) is 15.4. The number of aromatic nitrogens is 2. The van der Waals surface area contributed by atoms with Gasteiger partial charge < -0.3 is 14.6 Å². The van der Waals surface area contributed by atoms with Crippen LogP contribution < -0.4 is 5.32 Å². The van der Waals surface area contributed by atoms with Crippen molar-refractivity contribution < 1.29 is 14.0 Å². The van der Waals surface area contributed by atoms with Gasteiger partial charge in [-0.1, -0.05) is 29.8 Å². The average Bonchev–Trinajstić information content (AvgIpc) is 3.34. The summed E-state index contributed by atoms with van der Waals surface area (Å²) in [5.74, 6) is 0.497. The molecule has 7 nitrogen and oxygen atoms in total. The Kier molecular flexibility index (Phi) is 6.39. The number of carbonyl (C=O) groups excluding carboxylic acids is 2. The summed E-state index contributed by atoms with van der Waals surface area (Å²) in [6.07, 6.45) is 6.92. The van der Waals surface area contributed by atoms with E-state index >= 15 is 0 Å². The van der Waals surface area contributed by atoms with Crippen molar-refractivity contribution in [2.24, 2.45) is 0 Å². The molecule has 0 aliphatic heterocycles. The molecule has 2 aromatic heterocycles. The molecule has 1 N–H and O–H groups in total. The number of carbonyl (C=O) groups is 2. The molecule has 8 heteroatoms. The average molecular weight is 388 g/mol. The molecular weight excluding hydrogens is 364 g/mol. The van der Waals surface area contributed by atoms with Gasteiger partial charge in [-0.3, -0.25) is 9.59 Å². The molecule has 0 spiro atoms. The summed E-state index contributed by atoms with van der Waals surface area (Å²) in [5, 5.41) is 8.53. The van der Waals surface area contributed by atoms with Gasteiger partial charge in [-0.05, 0) is 43.4 Å². The predicted molar refractivity (Wildman–Crippen MR) is 102 cm³/mol. The van der Waals surface area contributed by atoms with Crippen LogP contribution in [-0.2, 0) is 4.79 Å². The van der Waals surface area contributed by atoms with Crippen LogP contribution in [-0.4, -0.2) is 38.9 Å². The Morgan fingerprint density at radius 3 is 2.78 bits per heavy atom. The minimum atomic E-state index is -0.882. The Hall–Kier alpha value is -2.48. The molecular formula is C19H24N4O3S. The predicted octanol–water partition coefficient (Wildman–Crippen LogP) is 3.26. The van der Waals surface area contributed by atoms with Crippen molar-refractivity contribution in [1.29, 1.82) is 0 Å². The fourth-order valence-electron chi connectivity index (χ4n) is 3.40. The summed E-state index contributed by atoms with van der Waals surface area (Å²) < 4.78 is 9.48. The minimum absolute atomic E-state index is 0.131. The van der Waals surface area contributed by atoms with Crippen LogP contribution in [0.15, 0.2) is 34.6 Å². The van der Waals surface area contributed by atoms with Gasteiger partial charge in [-0.25, -0.2) is 0 Å². The molecule has 3 rings (SSSR count). The van der Waals surface area contributed by atoms with Gasteiger partial charge in [0.2, 0.25) is 0 Å². The van der Waals surface area contributed by atoms with Gasteiger partial charge in [0.1, 0.15) is 11.5 Å². The van der Waals surface area contributed by atoms with E-state index < -0.39 is 6.04 Å². The Morgan fingerprint density at radius 1 is 1.41 bits per heavy atom. The third-order valence-electron chi connectivity index (χ3n) is 4.71. The van der Waals surface area contributed by atoms with Gasteiger partial charge in [-0.2, -0.15) is 0 Å². The first kappa shape index (κ1) is 19.3. The second-order valence-electron chi connectivity index (χ2n) is 6.73. The van der Waals surface area contributed by atoms with Crippen molar-refractivity contribution in [1.82, 2.24) is 19.8 Å². The molecule has 1 saturated carbocycles. The molecule has 1 aliphatic carbocycles. The maximum atomic E-state index is 13.2. The first-order valence-electron chi connectivity index (χ1n) is 9.15. The molecule has 0 radical (unpaired) electrons. The number of hydrogen-bond donors (Lipinski definition) is 1. The highest BCUT2D eigenvalue weighted by atomic mass is 32.1. The minimum Gasteiger partial charge on any atom is -0.464 e. The smallest absolute Gasteiger partial charge is 0.276 e. The zero-order valence-corrected chi connectivity index (χ0v) is 16.2. The van der Waals surface area contributed by atoms with Crippen LogP contribution in [0, 0.1) is 6.92 Å². The molecule has 2 amide bonds. The highest BCUT2D eigenvalue weighted by Gasteiger charge is 2.35. The van der Waals surface area contributed by atoms with Crippen molar-refractivity contribution in [2.75, 3.05) is 6.54 Å². The van der Waals surface area contributed by atoms with Crippen LogP contribution >= 0.6 is 11.5 Å². The number of hydrogen-bond acceptors (Lipinski definition) is 6. The molecule has 144 valence electrons. The van der Waals surface area contributed by atoms with Crippen molar-refractivity contribution in [2.45, 2.75) is 51.1 Å². The van der Waals surface area contributed by atoms with Crippen molar-refractivity contribution in [3.05, 3.63) is 47.4 Å². The summed E-state index contributed by atoms with van der Waals surface area (Å²) in [6.45, 7) is 5.73. The van der Waals surface area contributed by atoms with Crippen LogP contribution in [0.5, 0.6) is 0 Å². The lowest BCUT2D eigenvalue weighted by atomic mass is 9.95. The zero-order chi connectivity index (χ0) is 19.2. The number of aryl methyl sites for hydroxylation is 1. The van der Waals surface area contributed by atoms with Crippen LogP contribution in [0.3, 0.4) is 0 Å². The van der Waals surface area contributed by atoms with E-state index in [4.69, 9.17) is 4.42 Å². The third kappa shape index (κ3) is 4.63. The first-order chi connectivity index (χ1) is 13.1. The summed E-state index contributed by atoms with van der Waals surface area (Å²) in [7, 11) is 0. The normalized spacial score (nSPS) is 15.9. The molecule has 0 saturated heterocycles. The number of nitrogens with one attached hydrogen (secondary N) is 1. The van der Waals surface area contributed by atoms with E-state index in [0.717, 1.165) is 37.2 Å². The maximum absolute atomic E-state index is 13.2. The topological polar surface area (TPSA) is 88.3 Å². The lowest BCUT2D eigenvalue weighted by Gasteiger charge is -2.31. The summed E-state index contributed by atoms with van der Waals surface area (Å²) >= 11 is 1.09. The molecule has 1 atom stereocenters. The SMILES string of the molecule is C=CCN(C(=O)c1csnn1)C(C(=O)NC1CCCCC1)c1ccc(C)o1. The summed E-state index contributed by atoms with van der Waals surface area (Å²) in [6, 6.07) is 2.78. The number of amides is 2. The molecule has 27 heavy (non-hydrogen) atoms. The second-order valence-corrected chi connectivity index (χ2v) is 7.34. The van der Waals surface area contributed by atoms with Gasteiger partial charge in [0.25, 0.3) is 11.8 Å². The Morgan fingerprint density at radius 2 is 2.19 bits per heavy atom. The quantitative estimate of drug-likeness (QED) is 0.736. The molecule has 1 fully saturated rings. The van der Waals surface area contributed by atoms with Gasteiger partial charge in [0, 0.05) is 18.0 Å². The number of rotatable bonds is 7. The van der Waals surface area contributed by atoms with E-state index in [2.05, 4.69) is 21.5 Å². The van der Waals surface area contributed by atoms with E-state index in [0.29, 0.717) is 11.5 Å². The van der Waals surface area contributed by atoms with Crippen molar-refractivity contribution >= 4 is 23.3 Å². The first-order valence-corrected chi connectivity index (χ1v) is 9.99. The largest absolute Gasteiger partial charge is 0.464 e. The van der Waals surface area contributed by atoms with Gasteiger partial charge >= 0.3 is 0 Å². The van der Waals surface area contributed by atoms with Crippen LogP contribution in [0.1, 0.15) is 60.2 Å². The number of furan rings is 1. The lowest BCUT2D eigenvalue weighted by Crippen LogP contribution is -2.47. The van der Waals surface area contributed by atoms with E-state index in [1.807, 2.05) is 6.92 Å². The highest BCUT2D eigenvalue weighted by Crippen LogP contribution is 2.26. The highest BCUT2D eigenvalue weighted by molar-refractivity contribution is 7.03. The maximum Gasteiger partial charge on any atom is 0.276 e. The van der Waals surface area contributed by atoms with Crippen LogP contribution in [0.25, 0.3) is 0 Å². The van der Waals surface area contributed by atoms with Crippen molar-refractivity contribution in [3.8, 4) is 0 Å². The monoisotopic (exact) mass is 388 g/mol. The van der Waals surface area contributed by atoms with Crippen LogP contribution in [0.2, 0.25) is 0 Å². The molecule has 1 unspecified atom stereocenters. The van der Waals surface area contributed by atoms with E-state index in [1.54, 1.807) is 23.6 Å². The standard InChI is InChI=1S/C19H24N4O3S/c1-3-11-23(19(25)15-12-27-22-21-15)17(16-10-9-13(2)26-16)18(24)20-14-7-5-4-6-8-14/h3,9-10,12,14,17H,1,4-8,11H2,2H3,(H,20,24). The Labute approximate surface area is 162 Å². The van der Waals surface area contributed by atoms with Gasteiger partial charge in [0.15, 0.2) is 11.7 Å². The molecule has 2 heterocycles. The van der Waals surface area contributed by atoms with E-state index in [1.165, 1.54) is 11.3 Å².